The number of hydrogen-bond acceptors (Lipinski definition) is 4. The molecule has 0 aromatic heterocycles. The fraction of sp³-hybridized carbons (Fsp3) is 0.333. The Balaban J connectivity index is 3.00. The van der Waals surface area contributed by atoms with E-state index in [0.29, 0.717) is 6.54 Å². The number of rotatable bonds is 5. The van der Waals surface area contributed by atoms with Crippen LogP contribution in [0.2, 0.25) is 0 Å². The number of hydrogen-bond donors (Lipinski definition) is 2. The molecule has 20 heavy (non-hydrogen) atoms. The number of nitrogens with one attached hydrogen (secondary N) is 2. The molecule has 0 fully saturated rings. The van der Waals surface area contributed by atoms with Gasteiger partial charge in [0.2, 0.25) is 15.9 Å². The second-order valence-electron chi connectivity index (χ2n) is 3.99. The minimum absolute atomic E-state index is 0.272. The van der Waals surface area contributed by atoms with Crippen molar-refractivity contribution in [2.45, 2.75) is 24.8 Å². The maximum absolute atomic E-state index is 13.1. The van der Waals surface area contributed by atoms with E-state index in [0.717, 1.165) is 18.2 Å². The predicted molar refractivity (Wildman–Crippen MR) is 69.6 cm³/mol. The van der Waals surface area contributed by atoms with Crippen molar-refractivity contribution in [1.29, 1.82) is 5.26 Å². The Kier molecular flexibility index (Phi) is 5.19. The van der Waals surface area contributed by atoms with Crippen molar-refractivity contribution in [3.8, 4) is 6.07 Å². The largest absolute Gasteiger partial charge is 0.355 e. The Labute approximate surface area is 116 Å². The zero-order chi connectivity index (χ0) is 15.3. The maximum Gasteiger partial charge on any atom is 0.241 e. The van der Waals surface area contributed by atoms with Crippen LogP contribution in [0.1, 0.15) is 19.4 Å². The summed E-state index contributed by atoms with van der Waals surface area (Å²) in [5.41, 5.74) is -0.376. The number of sulfonamides is 1. The van der Waals surface area contributed by atoms with E-state index < -0.39 is 27.8 Å². The number of nitriles is 1. The second kappa shape index (κ2) is 6.45. The second-order valence-corrected chi connectivity index (χ2v) is 5.70. The number of carbonyl (C=O) groups excluding carboxylic acids is 1. The third-order valence-corrected chi connectivity index (χ3v) is 3.98. The minimum Gasteiger partial charge on any atom is -0.355 e. The fourth-order valence-corrected chi connectivity index (χ4v) is 2.67. The van der Waals surface area contributed by atoms with Crippen LogP contribution in [-0.4, -0.2) is 26.9 Å². The summed E-state index contributed by atoms with van der Waals surface area (Å²) < 4.78 is 39.3. The van der Waals surface area contributed by atoms with E-state index in [1.807, 2.05) is 0 Å². The fourth-order valence-electron chi connectivity index (χ4n) is 1.44. The molecule has 8 heteroatoms. The molecule has 0 aliphatic rings. The summed E-state index contributed by atoms with van der Waals surface area (Å²) in [4.78, 5) is 11.2. The molecule has 1 aromatic rings. The van der Waals surface area contributed by atoms with Gasteiger partial charge in [0.05, 0.1) is 16.5 Å². The van der Waals surface area contributed by atoms with Gasteiger partial charge in [0, 0.05) is 6.54 Å². The van der Waals surface area contributed by atoms with Crippen LogP contribution in [0.15, 0.2) is 23.1 Å². The summed E-state index contributed by atoms with van der Waals surface area (Å²) in [6, 6.07) is 3.42. The maximum atomic E-state index is 13.1. The average molecular weight is 299 g/mol. The minimum atomic E-state index is -4.00. The van der Waals surface area contributed by atoms with E-state index in [9.17, 15) is 17.6 Å². The lowest BCUT2D eigenvalue weighted by atomic mass is 10.2. The van der Waals surface area contributed by atoms with Gasteiger partial charge >= 0.3 is 0 Å². The molecule has 0 bridgehead atoms. The zero-order valence-electron chi connectivity index (χ0n) is 11.0. The SMILES string of the molecule is CCNC(=O)C(C)NS(=O)(=O)c1ccc(F)c(C#N)c1. The molecule has 108 valence electrons. The number of carbonyl (C=O) groups is 1. The lowest BCUT2D eigenvalue weighted by Gasteiger charge is -2.13. The highest BCUT2D eigenvalue weighted by molar-refractivity contribution is 7.89. The van der Waals surface area contributed by atoms with E-state index in [-0.39, 0.29) is 10.5 Å². The molecule has 1 atom stereocenters. The van der Waals surface area contributed by atoms with Crippen molar-refractivity contribution >= 4 is 15.9 Å². The van der Waals surface area contributed by atoms with Crippen molar-refractivity contribution in [1.82, 2.24) is 10.0 Å². The van der Waals surface area contributed by atoms with Crippen LogP contribution >= 0.6 is 0 Å². The van der Waals surface area contributed by atoms with Gasteiger partial charge in [0.25, 0.3) is 0 Å². The van der Waals surface area contributed by atoms with Crippen molar-refractivity contribution in [2.24, 2.45) is 0 Å². The summed E-state index contributed by atoms with van der Waals surface area (Å²) in [7, 11) is -4.00. The van der Waals surface area contributed by atoms with Crippen LogP contribution in [0.3, 0.4) is 0 Å². The first-order valence-electron chi connectivity index (χ1n) is 5.81. The first-order chi connectivity index (χ1) is 9.31. The van der Waals surface area contributed by atoms with Gasteiger partial charge in [0.15, 0.2) is 0 Å². The van der Waals surface area contributed by atoms with Crippen molar-refractivity contribution in [3.63, 3.8) is 0 Å². The first-order valence-corrected chi connectivity index (χ1v) is 7.29. The third kappa shape index (κ3) is 3.76. The van der Waals surface area contributed by atoms with Crippen LogP contribution in [0, 0.1) is 17.1 Å². The molecule has 0 saturated heterocycles. The van der Waals surface area contributed by atoms with E-state index in [4.69, 9.17) is 5.26 Å². The van der Waals surface area contributed by atoms with Gasteiger partial charge in [0.1, 0.15) is 11.9 Å². The van der Waals surface area contributed by atoms with Crippen LogP contribution in [0.25, 0.3) is 0 Å². The molecular formula is C12H14FN3O3S. The van der Waals surface area contributed by atoms with Crippen molar-refractivity contribution in [3.05, 3.63) is 29.6 Å². The molecule has 1 amide bonds. The Bertz CT molecular complexity index is 652. The highest BCUT2D eigenvalue weighted by atomic mass is 32.2. The standard InChI is InChI=1S/C12H14FN3O3S/c1-3-15-12(17)8(2)16-20(18,19)10-4-5-11(13)9(6-10)7-14/h4-6,8,16H,3H2,1-2H3,(H,15,17). The lowest BCUT2D eigenvalue weighted by molar-refractivity contribution is -0.122. The normalized spacial score (nSPS) is 12.5. The lowest BCUT2D eigenvalue weighted by Crippen LogP contribution is -2.44. The number of likely N-dealkylation sites (N-methyl/N-ethyl adjacent to an activating group) is 1. The van der Waals surface area contributed by atoms with Gasteiger partial charge < -0.3 is 5.32 Å². The number of halogens is 1. The van der Waals surface area contributed by atoms with Gasteiger partial charge in [-0.1, -0.05) is 0 Å². The molecule has 0 aliphatic heterocycles. The summed E-state index contributed by atoms with van der Waals surface area (Å²) in [6.07, 6.45) is 0. The summed E-state index contributed by atoms with van der Waals surface area (Å²) in [6.45, 7) is 3.47. The van der Waals surface area contributed by atoms with E-state index in [1.165, 1.54) is 6.92 Å². The van der Waals surface area contributed by atoms with Gasteiger partial charge in [-0.25, -0.2) is 12.8 Å². The van der Waals surface area contributed by atoms with Crippen molar-refractivity contribution in [2.75, 3.05) is 6.54 Å². The number of nitrogens with zero attached hydrogens (tertiary/aromatic N) is 1. The van der Waals surface area contributed by atoms with Crippen molar-refractivity contribution < 1.29 is 17.6 Å². The Morgan fingerprint density at radius 3 is 2.70 bits per heavy atom. The van der Waals surface area contributed by atoms with E-state index in [2.05, 4.69) is 10.0 Å². The highest BCUT2D eigenvalue weighted by Gasteiger charge is 2.22. The number of amides is 1. The molecule has 6 nitrogen and oxygen atoms in total. The van der Waals surface area contributed by atoms with Crippen LogP contribution < -0.4 is 10.0 Å². The predicted octanol–water partition coefficient (Wildman–Crippen LogP) is 0.500. The Morgan fingerprint density at radius 1 is 1.50 bits per heavy atom. The van der Waals surface area contributed by atoms with E-state index >= 15 is 0 Å². The highest BCUT2D eigenvalue weighted by Crippen LogP contribution is 2.14. The zero-order valence-corrected chi connectivity index (χ0v) is 11.8. The summed E-state index contributed by atoms with van der Waals surface area (Å²) in [5.74, 6) is -1.28. The van der Waals surface area contributed by atoms with Crippen LogP contribution in [0.4, 0.5) is 4.39 Å². The molecule has 1 unspecified atom stereocenters. The molecule has 0 spiro atoms. The average Bonchev–Trinajstić information content (AvgIpc) is 2.38. The topological polar surface area (TPSA) is 99.1 Å². The Hall–Kier alpha value is -1.98. The Morgan fingerprint density at radius 2 is 2.15 bits per heavy atom. The quantitative estimate of drug-likeness (QED) is 0.827. The summed E-state index contributed by atoms with van der Waals surface area (Å²) >= 11 is 0. The monoisotopic (exact) mass is 299 g/mol. The van der Waals surface area contributed by atoms with Gasteiger partial charge in [-0.05, 0) is 32.0 Å². The first kappa shape index (κ1) is 16.1. The number of benzene rings is 1. The third-order valence-electron chi connectivity index (χ3n) is 2.44. The molecule has 0 aliphatic carbocycles. The summed E-state index contributed by atoms with van der Waals surface area (Å²) in [5, 5.41) is 11.2. The van der Waals surface area contributed by atoms with E-state index in [1.54, 1.807) is 13.0 Å². The molecule has 0 radical (unpaired) electrons. The molecule has 1 aromatic carbocycles. The van der Waals surface area contributed by atoms with Gasteiger partial charge in [-0.15, -0.1) is 0 Å². The smallest absolute Gasteiger partial charge is 0.241 e. The van der Waals surface area contributed by atoms with Crippen LogP contribution in [0.5, 0.6) is 0 Å². The van der Waals surface area contributed by atoms with Gasteiger partial charge in [-0.3, -0.25) is 4.79 Å². The molecule has 2 N–H and O–H groups in total. The van der Waals surface area contributed by atoms with Gasteiger partial charge in [-0.2, -0.15) is 9.98 Å². The molecule has 0 heterocycles. The van der Waals surface area contributed by atoms with Crippen LogP contribution in [-0.2, 0) is 14.8 Å². The molecule has 0 saturated carbocycles. The molecular weight excluding hydrogens is 285 g/mol. The molecule has 1 rings (SSSR count).